The largest absolute Gasteiger partial charge is 0.344 e. The van der Waals surface area contributed by atoms with Gasteiger partial charge in [0.05, 0.1) is 12.6 Å². The van der Waals surface area contributed by atoms with Crippen molar-refractivity contribution in [2.24, 2.45) is 23.7 Å². The smallest absolute Gasteiger partial charge is 0.229 e. The molecule has 2 amide bonds. The lowest BCUT2D eigenvalue weighted by Crippen LogP contribution is -2.71. The Bertz CT molecular complexity index is 668. The second-order valence-corrected chi connectivity index (χ2v) is 9.70. The molecule has 0 radical (unpaired) electrons. The van der Waals surface area contributed by atoms with Crippen LogP contribution in [0, 0.1) is 23.7 Å². The molecule has 5 aliphatic heterocycles. The van der Waals surface area contributed by atoms with Crippen molar-refractivity contribution < 1.29 is 28.8 Å². The van der Waals surface area contributed by atoms with E-state index >= 15 is 0 Å². The van der Waals surface area contributed by atoms with Gasteiger partial charge in [-0.05, 0) is 50.4 Å². The maximum atomic E-state index is 12.3. The summed E-state index contributed by atoms with van der Waals surface area (Å²) in [5.41, 5.74) is -0.598. The average Bonchev–Trinajstić information content (AvgIpc) is 2.88. The van der Waals surface area contributed by atoms with Crippen LogP contribution in [0.5, 0.6) is 0 Å². The Labute approximate surface area is 165 Å². The summed E-state index contributed by atoms with van der Waals surface area (Å²) >= 11 is 0. The Hall–Kier alpha value is -1.02. The molecule has 7 heteroatoms. The molecular formula is C21H31NO6. The summed E-state index contributed by atoms with van der Waals surface area (Å²) in [6, 6.07) is 0. The van der Waals surface area contributed by atoms with Crippen molar-refractivity contribution in [3.63, 3.8) is 0 Å². The predicted octanol–water partition coefficient (Wildman–Crippen LogP) is 2.78. The Morgan fingerprint density at radius 2 is 1.79 bits per heavy atom. The fourth-order valence-corrected chi connectivity index (χ4v) is 6.37. The number of likely N-dealkylation sites (tertiary alicyclic amines) is 1. The maximum absolute atomic E-state index is 12.3. The van der Waals surface area contributed by atoms with E-state index in [1.165, 1.54) is 4.90 Å². The number of carbonyl (C=O) groups is 2. The van der Waals surface area contributed by atoms with Gasteiger partial charge in [0.15, 0.2) is 11.9 Å². The first-order valence-corrected chi connectivity index (χ1v) is 10.9. The fourth-order valence-electron chi connectivity index (χ4n) is 6.37. The molecule has 0 N–H and O–H groups in total. The van der Waals surface area contributed by atoms with Crippen LogP contribution in [0.2, 0.25) is 0 Å². The molecule has 0 aromatic rings. The molecule has 6 rings (SSSR count). The minimum atomic E-state index is -0.806. The van der Waals surface area contributed by atoms with Gasteiger partial charge in [0.1, 0.15) is 0 Å². The first-order chi connectivity index (χ1) is 13.3. The monoisotopic (exact) mass is 393 g/mol. The summed E-state index contributed by atoms with van der Waals surface area (Å²) in [5, 5.41) is 0. The summed E-state index contributed by atoms with van der Waals surface area (Å²) in [6.45, 7) is 6.67. The maximum Gasteiger partial charge on any atom is 0.229 e. The number of rotatable bonds is 2. The number of amides is 2. The summed E-state index contributed by atoms with van der Waals surface area (Å²) in [4.78, 5) is 38.0. The van der Waals surface area contributed by atoms with E-state index in [2.05, 4.69) is 13.8 Å². The lowest BCUT2D eigenvalue weighted by Gasteiger charge is -2.60. The van der Waals surface area contributed by atoms with Crippen LogP contribution in [0.25, 0.3) is 0 Å². The second kappa shape index (κ2) is 6.49. The molecule has 0 aromatic heterocycles. The molecule has 0 aromatic carbocycles. The summed E-state index contributed by atoms with van der Waals surface area (Å²) in [5.74, 6) is 0.221. The molecule has 28 heavy (non-hydrogen) atoms. The SMILES string of the molecule is C[C@H]1[C@@H](CN2C(=O)CCCC2=O)O[C@@H]2O[C@@]3(C)CC[C@H]4[C@H](C)CC[C@@H]1[C@@]24OO3. The van der Waals surface area contributed by atoms with E-state index in [4.69, 9.17) is 19.2 Å². The van der Waals surface area contributed by atoms with Crippen molar-refractivity contribution in [3.05, 3.63) is 0 Å². The second-order valence-electron chi connectivity index (χ2n) is 9.70. The van der Waals surface area contributed by atoms with Gasteiger partial charge in [-0.1, -0.05) is 13.8 Å². The molecule has 6 fully saturated rings. The van der Waals surface area contributed by atoms with E-state index in [1.54, 1.807) is 0 Å². The average molecular weight is 393 g/mol. The number of ether oxygens (including phenoxy) is 2. The lowest BCUT2D eigenvalue weighted by atomic mass is 9.57. The van der Waals surface area contributed by atoms with Crippen LogP contribution >= 0.6 is 0 Å². The Balaban J connectivity index is 1.46. The Kier molecular flexibility index (Phi) is 4.40. The van der Waals surface area contributed by atoms with Crippen molar-refractivity contribution in [3.8, 4) is 0 Å². The van der Waals surface area contributed by atoms with Crippen LogP contribution in [0.1, 0.15) is 65.7 Å². The summed E-state index contributed by atoms with van der Waals surface area (Å²) in [7, 11) is 0. The van der Waals surface area contributed by atoms with Gasteiger partial charge in [0.2, 0.25) is 17.6 Å². The highest BCUT2D eigenvalue weighted by Crippen LogP contribution is 2.60. The van der Waals surface area contributed by atoms with Crippen molar-refractivity contribution in [2.75, 3.05) is 6.54 Å². The van der Waals surface area contributed by atoms with E-state index in [0.717, 1.165) is 25.7 Å². The van der Waals surface area contributed by atoms with E-state index in [-0.39, 0.29) is 29.8 Å². The van der Waals surface area contributed by atoms with Gasteiger partial charge >= 0.3 is 0 Å². The number of hydrogen-bond acceptors (Lipinski definition) is 6. The molecule has 6 aliphatic rings. The first-order valence-electron chi connectivity index (χ1n) is 10.9. The number of nitrogens with zero attached hydrogens (tertiary/aromatic N) is 1. The highest BCUT2D eigenvalue weighted by Gasteiger charge is 2.69. The standard InChI is InChI=1S/C21H31NO6/c1-12-7-8-15-13(2)16(11-22-17(23)5-4-6-18(22)24)25-19-21(15)14(12)9-10-20(3,26-19)27-28-21/h12-16,19H,4-11H2,1-3H3/t12-,13-,14+,15+,16-,19-,20-,21-/m1/s1. The Morgan fingerprint density at radius 1 is 1.04 bits per heavy atom. The molecule has 7 nitrogen and oxygen atoms in total. The zero-order valence-corrected chi connectivity index (χ0v) is 17.0. The molecule has 5 heterocycles. The predicted molar refractivity (Wildman–Crippen MR) is 97.4 cm³/mol. The van der Waals surface area contributed by atoms with Gasteiger partial charge in [0, 0.05) is 25.2 Å². The van der Waals surface area contributed by atoms with Crippen LogP contribution in [0.3, 0.4) is 0 Å². The normalized spacial score (nSPS) is 51.0. The molecule has 2 bridgehead atoms. The molecule has 0 unspecified atom stereocenters. The molecule has 5 saturated heterocycles. The Morgan fingerprint density at radius 3 is 2.54 bits per heavy atom. The van der Waals surface area contributed by atoms with Crippen molar-refractivity contribution in [2.45, 2.75) is 89.5 Å². The molecule has 1 aliphatic carbocycles. The fraction of sp³-hybridized carbons (Fsp3) is 0.905. The van der Waals surface area contributed by atoms with Gasteiger partial charge in [-0.15, -0.1) is 0 Å². The highest BCUT2D eigenvalue weighted by atomic mass is 17.3. The molecule has 1 saturated carbocycles. The zero-order valence-electron chi connectivity index (χ0n) is 17.0. The van der Waals surface area contributed by atoms with Crippen LogP contribution in [0.4, 0.5) is 0 Å². The number of piperidine rings is 1. The number of carbonyl (C=O) groups excluding carboxylic acids is 2. The summed E-state index contributed by atoms with van der Waals surface area (Å²) < 4.78 is 12.8. The van der Waals surface area contributed by atoms with Gasteiger partial charge in [-0.2, -0.15) is 0 Å². The first kappa shape index (κ1) is 19.0. The lowest BCUT2D eigenvalue weighted by molar-refractivity contribution is -0.571. The van der Waals surface area contributed by atoms with E-state index in [0.29, 0.717) is 37.6 Å². The third kappa shape index (κ3) is 2.62. The zero-order chi connectivity index (χ0) is 19.7. The third-order valence-electron chi connectivity index (χ3n) is 8.04. The third-order valence-corrected chi connectivity index (χ3v) is 8.04. The van der Waals surface area contributed by atoms with Crippen LogP contribution < -0.4 is 0 Å². The molecule has 1 spiro atoms. The molecule has 8 atom stereocenters. The van der Waals surface area contributed by atoms with Crippen LogP contribution in [-0.2, 0) is 28.8 Å². The minimum absolute atomic E-state index is 0.0858. The van der Waals surface area contributed by atoms with Gasteiger partial charge in [0.25, 0.3) is 0 Å². The highest BCUT2D eigenvalue weighted by molar-refractivity contribution is 5.97. The van der Waals surface area contributed by atoms with Gasteiger partial charge in [-0.25, -0.2) is 9.78 Å². The van der Waals surface area contributed by atoms with Crippen molar-refractivity contribution in [1.82, 2.24) is 4.90 Å². The quantitative estimate of drug-likeness (QED) is 0.531. The van der Waals surface area contributed by atoms with E-state index in [9.17, 15) is 9.59 Å². The minimum Gasteiger partial charge on any atom is -0.344 e. The van der Waals surface area contributed by atoms with E-state index in [1.807, 2.05) is 6.92 Å². The molecule has 156 valence electrons. The van der Waals surface area contributed by atoms with Crippen LogP contribution in [-0.4, -0.2) is 47.0 Å². The van der Waals surface area contributed by atoms with E-state index < -0.39 is 17.7 Å². The number of hydrogen-bond donors (Lipinski definition) is 0. The number of imide groups is 1. The van der Waals surface area contributed by atoms with Crippen molar-refractivity contribution >= 4 is 11.8 Å². The summed E-state index contributed by atoms with van der Waals surface area (Å²) in [6.07, 6.45) is 4.69. The topological polar surface area (TPSA) is 74.3 Å². The van der Waals surface area contributed by atoms with Crippen LogP contribution in [0.15, 0.2) is 0 Å². The number of fused-ring (bicyclic) bond motifs is 2. The van der Waals surface area contributed by atoms with Gasteiger partial charge < -0.3 is 9.47 Å². The molecular weight excluding hydrogens is 362 g/mol. The van der Waals surface area contributed by atoms with Gasteiger partial charge in [-0.3, -0.25) is 14.5 Å². The van der Waals surface area contributed by atoms with Crippen molar-refractivity contribution in [1.29, 1.82) is 0 Å².